The maximum atomic E-state index is 11.0. The van der Waals surface area contributed by atoms with Gasteiger partial charge in [-0.2, -0.15) is 0 Å². The highest BCUT2D eigenvalue weighted by molar-refractivity contribution is 5.85. The first-order chi connectivity index (χ1) is 5.77. The molecule has 0 aliphatic rings. The van der Waals surface area contributed by atoms with E-state index in [9.17, 15) is 9.59 Å². The van der Waals surface area contributed by atoms with E-state index in [-0.39, 0.29) is 36.0 Å². The minimum Gasteiger partial charge on any atom is -0.290 e. The molecule has 6 nitrogen and oxygen atoms in total. The van der Waals surface area contributed by atoms with Crippen LogP contribution in [0.5, 0.6) is 0 Å². The van der Waals surface area contributed by atoms with Crippen LogP contribution in [0.15, 0.2) is 22.0 Å². The zero-order valence-electron chi connectivity index (χ0n) is 6.68. The van der Waals surface area contributed by atoms with Crippen molar-refractivity contribution in [1.82, 2.24) is 19.9 Å². The summed E-state index contributed by atoms with van der Waals surface area (Å²) in [5.41, 5.74) is -0.766. The fraction of sp³-hybridized carbons (Fsp3) is 0. The summed E-state index contributed by atoms with van der Waals surface area (Å²) in [4.78, 5) is 33.6. The average Bonchev–Trinajstić information content (AvgIpc) is 2.04. The molecule has 2 aromatic heterocycles. The van der Waals surface area contributed by atoms with Gasteiger partial charge in [0, 0.05) is 12.4 Å². The Balaban J connectivity index is 0.000000845. The van der Waals surface area contributed by atoms with Crippen molar-refractivity contribution in [2.24, 2.45) is 0 Å². The normalized spacial score (nSPS) is 8.86. The number of hydrogen-bond donors (Lipinski definition) is 2. The molecule has 0 radical (unpaired) electrons. The van der Waals surface area contributed by atoms with Crippen molar-refractivity contribution in [2.45, 2.75) is 0 Å². The van der Waals surface area contributed by atoms with Gasteiger partial charge >= 0.3 is 5.69 Å². The number of aromatic amines is 2. The molecule has 14 heavy (non-hydrogen) atoms. The van der Waals surface area contributed by atoms with Gasteiger partial charge in [0.2, 0.25) is 0 Å². The van der Waals surface area contributed by atoms with Crippen molar-refractivity contribution in [3.05, 3.63) is 33.2 Å². The third-order valence-electron chi connectivity index (χ3n) is 1.37. The molecule has 0 aliphatic carbocycles. The predicted molar refractivity (Wildman–Crippen MR) is 55.3 cm³/mol. The van der Waals surface area contributed by atoms with E-state index in [0.29, 0.717) is 0 Å². The van der Waals surface area contributed by atoms with Crippen molar-refractivity contribution < 1.29 is 0 Å². The van der Waals surface area contributed by atoms with Crippen LogP contribution >= 0.6 is 24.8 Å². The van der Waals surface area contributed by atoms with E-state index >= 15 is 0 Å². The standard InChI is InChI=1S/C6H4N4O2.2ClH/c11-5-3-4(8-2-1-7-3)9-6(12)10-5;;/h1-2H,(H2,8,9,10,11,12);2*1H. The lowest BCUT2D eigenvalue weighted by atomic mass is 10.5. The fourth-order valence-electron chi connectivity index (χ4n) is 0.897. The predicted octanol–water partition coefficient (Wildman–Crippen LogP) is -0.150. The Labute approximate surface area is 89.6 Å². The van der Waals surface area contributed by atoms with E-state index in [0.717, 1.165) is 0 Å². The maximum absolute atomic E-state index is 11.0. The van der Waals surface area contributed by atoms with Gasteiger partial charge in [-0.1, -0.05) is 0 Å². The summed E-state index contributed by atoms with van der Waals surface area (Å²) < 4.78 is 0. The quantitative estimate of drug-likeness (QED) is 0.666. The largest absolute Gasteiger partial charge is 0.327 e. The number of hydrogen-bond acceptors (Lipinski definition) is 4. The molecule has 0 atom stereocenters. The van der Waals surface area contributed by atoms with Gasteiger partial charge in [0.1, 0.15) is 0 Å². The molecule has 0 fully saturated rings. The molecule has 0 spiro atoms. The lowest BCUT2D eigenvalue weighted by Gasteiger charge is -1.90. The number of nitrogens with zero attached hydrogens (tertiary/aromatic N) is 2. The van der Waals surface area contributed by atoms with E-state index in [1.165, 1.54) is 12.4 Å². The minimum absolute atomic E-state index is 0. The summed E-state index contributed by atoms with van der Waals surface area (Å²) in [5, 5.41) is 0. The molecule has 0 aromatic carbocycles. The highest BCUT2D eigenvalue weighted by atomic mass is 35.5. The van der Waals surface area contributed by atoms with Crippen LogP contribution in [0.2, 0.25) is 0 Å². The molecule has 76 valence electrons. The third kappa shape index (κ3) is 2.09. The first-order valence-corrected chi connectivity index (χ1v) is 3.21. The average molecular weight is 237 g/mol. The molecule has 0 unspecified atom stereocenters. The molecule has 0 saturated carbocycles. The Morgan fingerprint density at radius 3 is 2.36 bits per heavy atom. The first kappa shape index (κ1) is 12.6. The fourth-order valence-corrected chi connectivity index (χ4v) is 0.897. The van der Waals surface area contributed by atoms with Crippen molar-refractivity contribution in [3.63, 3.8) is 0 Å². The Kier molecular flexibility index (Phi) is 4.26. The van der Waals surface area contributed by atoms with Crippen LogP contribution in [0.3, 0.4) is 0 Å². The number of nitrogens with one attached hydrogen (secondary N) is 2. The van der Waals surface area contributed by atoms with Crippen LogP contribution in [0.1, 0.15) is 0 Å². The van der Waals surface area contributed by atoms with Crippen molar-refractivity contribution in [2.75, 3.05) is 0 Å². The molecular weight excluding hydrogens is 231 g/mol. The summed E-state index contributed by atoms with van der Waals surface area (Å²) in [6.07, 6.45) is 2.79. The van der Waals surface area contributed by atoms with Gasteiger partial charge in [-0.15, -0.1) is 24.8 Å². The summed E-state index contributed by atoms with van der Waals surface area (Å²) in [6.45, 7) is 0. The molecule has 0 saturated heterocycles. The molecule has 0 aliphatic heterocycles. The van der Waals surface area contributed by atoms with Gasteiger partial charge in [-0.3, -0.25) is 14.8 Å². The number of rotatable bonds is 0. The van der Waals surface area contributed by atoms with E-state index in [4.69, 9.17) is 0 Å². The second-order valence-corrected chi connectivity index (χ2v) is 2.16. The monoisotopic (exact) mass is 236 g/mol. The Morgan fingerprint density at radius 1 is 1.00 bits per heavy atom. The number of halogens is 2. The molecule has 2 aromatic rings. The summed E-state index contributed by atoms with van der Waals surface area (Å²) in [7, 11) is 0. The van der Waals surface area contributed by atoms with Crippen LogP contribution in [0.25, 0.3) is 11.2 Å². The lowest BCUT2D eigenvalue weighted by molar-refractivity contribution is 1.04. The zero-order chi connectivity index (χ0) is 8.55. The second-order valence-electron chi connectivity index (χ2n) is 2.16. The van der Waals surface area contributed by atoms with Crippen molar-refractivity contribution >= 4 is 36.0 Å². The highest BCUT2D eigenvalue weighted by Crippen LogP contribution is 1.91. The van der Waals surface area contributed by atoms with E-state index < -0.39 is 11.2 Å². The number of aromatic nitrogens is 4. The van der Waals surface area contributed by atoms with Gasteiger partial charge in [0.05, 0.1) is 0 Å². The molecule has 2 rings (SSSR count). The Bertz CT molecular complexity index is 535. The smallest absolute Gasteiger partial charge is 0.290 e. The van der Waals surface area contributed by atoms with Gasteiger partial charge in [-0.05, 0) is 0 Å². The summed E-state index contributed by atoms with van der Waals surface area (Å²) in [5.74, 6) is 0. The summed E-state index contributed by atoms with van der Waals surface area (Å²) in [6, 6.07) is 0. The van der Waals surface area contributed by atoms with Crippen LogP contribution in [0, 0.1) is 0 Å². The van der Waals surface area contributed by atoms with E-state index in [2.05, 4.69) is 15.0 Å². The van der Waals surface area contributed by atoms with Gasteiger partial charge in [0.15, 0.2) is 11.2 Å². The SMILES string of the molecule is Cl.Cl.O=c1[nH]c(=O)c2nccnc2[nH]1. The maximum Gasteiger partial charge on any atom is 0.327 e. The second kappa shape index (κ2) is 4.73. The van der Waals surface area contributed by atoms with Gasteiger partial charge in [-0.25, -0.2) is 14.8 Å². The molecular formula is C6H6Cl2N4O2. The number of fused-ring (bicyclic) bond motifs is 1. The summed E-state index contributed by atoms with van der Waals surface area (Å²) >= 11 is 0. The van der Waals surface area contributed by atoms with Crippen molar-refractivity contribution in [3.8, 4) is 0 Å². The van der Waals surface area contributed by atoms with Crippen LogP contribution in [0.4, 0.5) is 0 Å². The molecule has 2 N–H and O–H groups in total. The third-order valence-corrected chi connectivity index (χ3v) is 1.37. The van der Waals surface area contributed by atoms with Crippen LogP contribution < -0.4 is 11.2 Å². The molecule has 8 heteroatoms. The Morgan fingerprint density at radius 2 is 1.64 bits per heavy atom. The first-order valence-electron chi connectivity index (χ1n) is 3.21. The molecule has 0 bridgehead atoms. The van der Waals surface area contributed by atoms with Crippen molar-refractivity contribution in [1.29, 1.82) is 0 Å². The van der Waals surface area contributed by atoms with Crippen LogP contribution in [-0.2, 0) is 0 Å². The van der Waals surface area contributed by atoms with Gasteiger partial charge in [0.25, 0.3) is 5.56 Å². The minimum atomic E-state index is -0.576. The van der Waals surface area contributed by atoms with Gasteiger partial charge < -0.3 is 0 Å². The zero-order valence-corrected chi connectivity index (χ0v) is 8.32. The topological polar surface area (TPSA) is 91.5 Å². The van der Waals surface area contributed by atoms with E-state index in [1.54, 1.807) is 0 Å². The number of H-pyrrole nitrogens is 2. The molecule has 0 amide bonds. The van der Waals surface area contributed by atoms with E-state index in [1.807, 2.05) is 4.98 Å². The lowest BCUT2D eigenvalue weighted by Crippen LogP contribution is -2.22. The molecule has 2 heterocycles. The van der Waals surface area contributed by atoms with Crippen LogP contribution in [-0.4, -0.2) is 19.9 Å². The highest BCUT2D eigenvalue weighted by Gasteiger charge is 1.99. The Hall–Kier alpha value is -1.40.